The summed E-state index contributed by atoms with van der Waals surface area (Å²) in [4.78, 5) is 35.0. The van der Waals surface area contributed by atoms with Gasteiger partial charge in [-0.15, -0.1) is 0 Å². The fourth-order valence-electron chi connectivity index (χ4n) is 1.67. The summed E-state index contributed by atoms with van der Waals surface area (Å²) in [6.07, 6.45) is -1.27. The first-order valence-corrected chi connectivity index (χ1v) is 7.87. The summed E-state index contributed by atoms with van der Waals surface area (Å²) in [5.74, 6) is -1.82. The van der Waals surface area contributed by atoms with Gasteiger partial charge >= 0.3 is 12.1 Å². The number of carbonyl (C=O) groups excluding carboxylic acids is 2. The van der Waals surface area contributed by atoms with Gasteiger partial charge in [0.25, 0.3) is 0 Å². The normalized spacial score (nSPS) is 13.3. The van der Waals surface area contributed by atoms with Crippen molar-refractivity contribution in [1.29, 1.82) is 0 Å². The van der Waals surface area contributed by atoms with Gasteiger partial charge in [0.1, 0.15) is 11.6 Å². The Morgan fingerprint density at radius 1 is 1.08 bits per heavy atom. The van der Waals surface area contributed by atoms with Gasteiger partial charge in [-0.05, 0) is 48.5 Å². The van der Waals surface area contributed by atoms with E-state index in [0.717, 1.165) is 0 Å². The van der Waals surface area contributed by atoms with E-state index >= 15 is 0 Å². The largest absolute Gasteiger partial charge is 0.480 e. The Hall–Kier alpha value is -1.83. The van der Waals surface area contributed by atoms with E-state index < -0.39 is 41.6 Å². The number of amides is 2. The van der Waals surface area contributed by atoms with Gasteiger partial charge < -0.3 is 25.2 Å². The summed E-state index contributed by atoms with van der Waals surface area (Å²) in [6, 6.07) is -1.37. The van der Waals surface area contributed by atoms with Gasteiger partial charge in [0.15, 0.2) is 0 Å². The molecule has 0 spiro atoms. The van der Waals surface area contributed by atoms with E-state index in [1.165, 1.54) is 0 Å². The average molecular weight is 346 g/mol. The van der Waals surface area contributed by atoms with E-state index in [-0.39, 0.29) is 12.7 Å². The first kappa shape index (κ1) is 22.2. The van der Waals surface area contributed by atoms with Crippen LogP contribution in [-0.4, -0.2) is 53.0 Å². The van der Waals surface area contributed by atoms with E-state index in [2.05, 4.69) is 10.6 Å². The number of ether oxygens (including phenoxy) is 2. The van der Waals surface area contributed by atoms with Crippen molar-refractivity contribution in [2.75, 3.05) is 6.61 Å². The van der Waals surface area contributed by atoms with Crippen molar-refractivity contribution in [3.8, 4) is 0 Å². The molecule has 8 heteroatoms. The van der Waals surface area contributed by atoms with Gasteiger partial charge in [0, 0.05) is 0 Å². The molecule has 0 unspecified atom stereocenters. The molecule has 3 N–H and O–H groups in total. The van der Waals surface area contributed by atoms with Gasteiger partial charge in [-0.2, -0.15) is 0 Å². The molecule has 1 atom stereocenters. The maximum absolute atomic E-state index is 12.1. The lowest BCUT2D eigenvalue weighted by Crippen LogP contribution is -2.51. The smallest absolute Gasteiger partial charge is 0.408 e. The van der Waals surface area contributed by atoms with Crippen LogP contribution < -0.4 is 10.6 Å². The Morgan fingerprint density at radius 2 is 1.62 bits per heavy atom. The molecule has 0 fully saturated rings. The van der Waals surface area contributed by atoms with Crippen molar-refractivity contribution < 1.29 is 29.0 Å². The van der Waals surface area contributed by atoms with Gasteiger partial charge in [-0.3, -0.25) is 4.79 Å². The lowest BCUT2D eigenvalue weighted by molar-refractivity contribution is -0.141. The molecule has 0 saturated carbocycles. The Labute approximate surface area is 143 Å². The zero-order valence-electron chi connectivity index (χ0n) is 15.6. The number of aliphatic carboxylic acids is 1. The molecule has 0 rings (SSSR count). The Kier molecular flexibility index (Phi) is 8.19. The molecule has 0 aliphatic heterocycles. The Morgan fingerprint density at radius 3 is 2.04 bits per heavy atom. The van der Waals surface area contributed by atoms with Crippen LogP contribution in [0.25, 0.3) is 0 Å². The van der Waals surface area contributed by atoms with Gasteiger partial charge in [-0.25, -0.2) is 9.59 Å². The van der Waals surface area contributed by atoms with Crippen molar-refractivity contribution in [1.82, 2.24) is 10.6 Å². The van der Waals surface area contributed by atoms with Crippen LogP contribution >= 0.6 is 0 Å². The van der Waals surface area contributed by atoms with Crippen LogP contribution in [0.1, 0.15) is 54.9 Å². The minimum absolute atomic E-state index is 0.0155. The lowest BCUT2D eigenvalue weighted by Gasteiger charge is -2.28. The molecule has 0 bridgehead atoms. The summed E-state index contributed by atoms with van der Waals surface area (Å²) < 4.78 is 10.5. The molecule has 0 aliphatic rings. The van der Waals surface area contributed by atoms with Crippen LogP contribution in [0.2, 0.25) is 0 Å². The molecular formula is C16H30N2O6. The topological polar surface area (TPSA) is 114 Å². The van der Waals surface area contributed by atoms with Crippen molar-refractivity contribution in [2.45, 2.75) is 78.2 Å². The van der Waals surface area contributed by atoms with Crippen molar-refractivity contribution in [3.05, 3.63) is 0 Å². The van der Waals surface area contributed by atoms with Crippen LogP contribution in [0.4, 0.5) is 4.79 Å². The van der Waals surface area contributed by atoms with Gasteiger partial charge in [-0.1, -0.05) is 0 Å². The number of nitrogens with one attached hydrogen (secondary N) is 2. The number of carboxylic acid groups (broad SMARTS) is 1. The number of rotatable bonds is 8. The van der Waals surface area contributed by atoms with Gasteiger partial charge in [0.2, 0.25) is 5.91 Å². The Balaban J connectivity index is 4.64. The molecule has 0 aliphatic carbocycles. The number of carboxylic acids is 1. The predicted octanol–water partition coefficient (Wildman–Crippen LogP) is 1.67. The molecule has 0 heterocycles. The average Bonchev–Trinajstić information content (AvgIpc) is 2.32. The fourth-order valence-corrected chi connectivity index (χ4v) is 1.67. The summed E-state index contributed by atoms with van der Waals surface area (Å²) in [5, 5.41) is 14.1. The van der Waals surface area contributed by atoms with E-state index in [0.29, 0.717) is 0 Å². The van der Waals surface area contributed by atoms with E-state index in [1.807, 2.05) is 13.8 Å². The van der Waals surface area contributed by atoms with Crippen LogP contribution in [0, 0.1) is 0 Å². The maximum atomic E-state index is 12.1. The first-order chi connectivity index (χ1) is 10.7. The van der Waals surface area contributed by atoms with Gasteiger partial charge in [0.05, 0.1) is 24.7 Å². The molecule has 0 radical (unpaired) electrons. The Bertz CT molecular complexity index is 454. The fraction of sp³-hybridized carbons (Fsp3) is 0.812. The number of hydrogen-bond acceptors (Lipinski definition) is 5. The second-order valence-electron chi connectivity index (χ2n) is 7.53. The highest BCUT2D eigenvalue weighted by Gasteiger charge is 2.28. The molecule has 24 heavy (non-hydrogen) atoms. The second-order valence-corrected chi connectivity index (χ2v) is 7.53. The van der Waals surface area contributed by atoms with Crippen LogP contribution in [0.3, 0.4) is 0 Å². The highest BCUT2D eigenvalue weighted by atomic mass is 16.6. The minimum Gasteiger partial charge on any atom is -0.480 e. The number of carbonyl (C=O) groups is 3. The third kappa shape index (κ3) is 10.8. The van der Waals surface area contributed by atoms with E-state index in [1.54, 1.807) is 34.6 Å². The molecule has 0 aromatic carbocycles. The second kappa shape index (κ2) is 8.86. The minimum atomic E-state index is -1.37. The summed E-state index contributed by atoms with van der Waals surface area (Å²) in [6.45, 7) is 12.6. The molecule has 0 saturated heterocycles. The lowest BCUT2D eigenvalue weighted by atomic mass is 10.1. The quantitative estimate of drug-likeness (QED) is 0.616. The highest BCUT2D eigenvalue weighted by Crippen LogP contribution is 2.09. The molecule has 0 aromatic heterocycles. The molecular weight excluding hydrogens is 316 g/mol. The third-order valence-electron chi connectivity index (χ3n) is 2.63. The van der Waals surface area contributed by atoms with E-state index in [9.17, 15) is 14.4 Å². The third-order valence-corrected chi connectivity index (χ3v) is 2.63. The maximum Gasteiger partial charge on any atom is 0.408 e. The monoisotopic (exact) mass is 346 g/mol. The zero-order valence-corrected chi connectivity index (χ0v) is 15.6. The summed E-state index contributed by atoms with van der Waals surface area (Å²) in [5.41, 5.74) is -1.41. The van der Waals surface area contributed by atoms with E-state index in [4.69, 9.17) is 14.6 Å². The number of alkyl carbamates (subject to hydrolysis) is 1. The van der Waals surface area contributed by atoms with Crippen molar-refractivity contribution in [3.63, 3.8) is 0 Å². The predicted molar refractivity (Wildman–Crippen MR) is 88.7 cm³/mol. The first-order valence-electron chi connectivity index (χ1n) is 7.87. The SMILES string of the molecule is CC(C)OCC(C)(C)NC(=O)C[C@H](NC(=O)OC(C)(C)C)C(=O)O. The standard InChI is InChI=1S/C16H30N2O6/c1-10(2)23-9-16(6,7)18-12(19)8-11(13(20)21)17-14(22)24-15(3,4)5/h10-11H,8-9H2,1-7H3,(H,17,22)(H,18,19)(H,20,21)/t11-/m0/s1. The highest BCUT2D eigenvalue weighted by molar-refractivity contribution is 5.87. The van der Waals surface area contributed by atoms with Crippen molar-refractivity contribution in [2.24, 2.45) is 0 Å². The number of hydrogen-bond donors (Lipinski definition) is 3. The summed E-state index contributed by atoms with van der Waals surface area (Å²) >= 11 is 0. The molecule has 140 valence electrons. The molecule has 8 nitrogen and oxygen atoms in total. The van der Waals surface area contributed by atoms with Crippen LogP contribution in [0.5, 0.6) is 0 Å². The summed E-state index contributed by atoms with van der Waals surface area (Å²) in [7, 11) is 0. The van der Waals surface area contributed by atoms with Crippen LogP contribution in [0.15, 0.2) is 0 Å². The zero-order chi connectivity index (χ0) is 19.1. The molecule has 2 amide bonds. The van der Waals surface area contributed by atoms with Crippen molar-refractivity contribution >= 4 is 18.0 Å². The molecule has 0 aromatic rings. The van der Waals surface area contributed by atoms with Crippen LogP contribution in [-0.2, 0) is 19.1 Å².